The Labute approximate surface area is 255 Å². The Morgan fingerprint density at radius 3 is 1.95 bits per heavy atom. The molecule has 10 rings (SSSR count). The molecule has 0 saturated heterocycles. The number of rotatable bonds is 2. The fourth-order valence-corrected chi connectivity index (χ4v) is 9.37. The van der Waals surface area contributed by atoms with E-state index in [9.17, 15) is 0 Å². The second kappa shape index (κ2) is 8.78. The van der Waals surface area contributed by atoms with Gasteiger partial charge in [-0.25, -0.2) is 0 Å². The summed E-state index contributed by atoms with van der Waals surface area (Å²) < 4.78 is 7.86. The lowest BCUT2D eigenvalue weighted by atomic mass is 9.96. The van der Waals surface area contributed by atoms with Gasteiger partial charge in [0, 0.05) is 56.5 Å². The largest absolute Gasteiger partial charge is 0.308 e. The van der Waals surface area contributed by atoms with Crippen LogP contribution in [0.4, 0.5) is 0 Å². The molecule has 0 aliphatic rings. The van der Waals surface area contributed by atoms with Crippen LogP contribution in [0.1, 0.15) is 0 Å². The number of hydrogen-bond acceptors (Lipinski definition) is 2. The molecule has 0 amide bonds. The zero-order valence-corrected chi connectivity index (χ0v) is 24.7. The van der Waals surface area contributed by atoms with Crippen molar-refractivity contribution in [3.8, 4) is 16.8 Å². The third kappa shape index (κ3) is 3.26. The summed E-state index contributed by atoms with van der Waals surface area (Å²) in [5.41, 5.74) is 6.30. The predicted octanol–water partition coefficient (Wildman–Crippen LogP) is 12.3. The van der Waals surface area contributed by atoms with Crippen LogP contribution in [-0.4, -0.2) is 4.57 Å². The molecule has 3 heterocycles. The highest BCUT2D eigenvalue weighted by molar-refractivity contribution is 7.26. The molecular weight excluding hydrogens is 559 g/mol. The molecule has 0 atom stereocenters. The van der Waals surface area contributed by atoms with Gasteiger partial charge in [-0.1, -0.05) is 97.1 Å². The lowest BCUT2D eigenvalue weighted by Gasteiger charge is -2.13. The van der Waals surface area contributed by atoms with Crippen molar-refractivity contribution in [1.82, 2.24) is 4.57 Å². The van der Waals surface area contributed by atoms with E-state index in [4.69, 9.17) is 0 Å². The quantitative estimate of drug-likeness (QED) is 0.191. The second-order valence-electron chi connectivity index (χ2n) is 11.3. The van der Waals surface area contributed by atoms with E-state index in [1.165, 1.54) is 89.7 Å². The summed E-state index contributed by atoms with van der Waals surface area (Å²) in [4.78, 5) is 0. The van der Waals surface area contributed by atoms with Gasteiger partial charge in [0.2, 0.25) is 0 Å². The van der Waals surface area contributed by atoms with E-state index < -0.39 is 0 Å². The average molecular weight is 582 g/mol. The number of benzene rings is 7. The highest BCUT2D eigenvalue weighted by Gasteiger charge is 2.23. The molecule has 0 spiro atoms. The van der Waals surface area contributed by atoms with Crippen LogP contribution in [-0.2, 0) is 0 Å². The number of hydrogen-bond donors (Lipinski definition) is 0. The average Bonchev–Trinajstić information content (AvgIpc) is 3.73. The van der Waals surface area contributed by atoms with Crippen LogP contribution < -0.4 is 0 Å². The summed E-state index contributed by atoms with van der Waals surface area (Å²) >= 11 is 3.78. The molecule has 10 aromatic rings. The molecule has 0 unspecified atom stereocenters. The minimum absolute atomic E-state index is 1.22. The molecule has 0 aliphatic carbocycles. The number of aromatic nitrogens is 1. The van der Waals surface area contributed by atoms with Gasteiger partial charge in [0.05, 0.1) is 16.7 Å². The van der Waals surface area contributed by atoms with Crippen molar-refractivity contribution in [1.29, 1.82) is 0 Å². The predicted molar refractivity (Wildman–Crippen MR) is 190 cm³/mol. The van der Waals surface area contributed by atoms with Crippen molar-refractivity contribution in [3.63, 3.8) is 0 Å². The monoisotopic (exact) mass is 581 g/mol. The summed E-state index contributed by atoms with van der Waals surface area (Å²) in [6.45, 7) is 0. The van der Waals surface area contributed by atoms with Crippen molar-refractivity contribution in [2.24, 2.45) is 0 Å². The van der Waals surface area contributed by atoms with Crippen LogP contribution in [0.25, 0.3) is 89.7 Å². The van der Waals surface area contributed by atoms with Crippen LogP contribution in [0.3, 0.4) is 0 Å². The van der Waals surface area contributed by atoms with Gasteiger partial charge in [0.25, 0.3) is 0 Å². The van der Waals surface area contributed by atoms with Gasteiger partial charge in [-0.05, 0) is 59.0 Å². The number of thiophene rings is 2. The van der Waals surface area contributed by atoms with Crippen LogP contribution >= 0.6 is 22.7 Å². The summed E-state index contributed by atoms with van der Waals surface area (Å²) in [5, 5.41) is 10.4. The van der Waals surface area contributed by atoms with E-state index in [0.29, 0.717) is 0 Å². The Hall–Kier alpha value is -4.96. The van der Waals surface area contributed by atoms with E-state index >= 15 is 0 Å². The summed E-state index contributed by atoms with van der Waals surface area (Å²) in [7, 11) is 0. The molecule has 3 aromatic heterocycles. The standard InChI is InChI=1S/C40H23NS2/c1-2-12-26-24(10-1)11-9-17-32(26)41-33-16-6-3-14-28(33)38-30(23-37-39(40(38)41)29-15-5-8-19-35(29)43-37)25-20-21-36-31(22-25)27-13-4-7-18-34(27)42-36/h1-23H. The molecule has 0 fully saturated rings. The van der Waals surface area contributed by atoms with Gasteiger partial charge >= 0.3 is 0 Å². The maximum absolute atomic E-state index is 2.54. The number of fused-ring (bicyclic) bond motifs is 11. The number of nitrogens with zero attached hydrogens (tertiary/aromatic N) is 1. The molecule has 7 aromatic carbocycles. The van der Waals surface area contributed by atoms with E-state index in [1.54, 1.807) is 0 Å². The molecule has 0 saturated carbocycles. The molecule has 43 heavy (non-hydrogen) atoms. The minimum Gasteiger partial charge on any atom is -0.308 e. The first-order valence-electron chi connectivity index (χ1n) is 14.6. The number of para-hydroxylation sites is 1. The second-order valence-corrected chi connectivity index (χ2v) is 13.4. The fraction of sp³-hybridized carbons (Fsp3) is 0. The molecule has 3 heteroatoms. The van der Waals surface area contributed by atoms with Gasteiger partial charge in [-0.3, -0.25) is 0 Å². The minimum atomic E-state index is 1.22. The molecule has 1 nitrogen and oxygen atoms in total. The summed E-state index contributed by atoms with van der Waals surface area (Å²) in [5.74, 6) is 0. The molecule has 0 radical (unpaired) electrons. The topological polar surface area (TPSA) is 4.93 Å². The first kappa shape index (κ1) is 23.6. The van der Waals surface area contributed by atoms with E-state index in [2.05, 4.69) is 144 Å². The SMILES string of the molecule is c1ccc2c(-n3c4ccccc4c4c(-c5ccc6sc7ccccc7c6c5)cc5sc6ccccc6c5c43)cccc2c1. The Morgan fingerprint density at radius 2 is 1.07 bits per heavy atom. The third-order valence-corrected chi connectivity index (χ3v) is 11.2. The lowest BCUT2D eigenvalue weighted by Crippen LogP contribution is -1.96. The zero-order valence-electron chi connectivity index (χ0n) is 23.0. The van der Waals surface area contributed by atoms with E-state index in [0.717, 1.165) is 0 Å². The van der Waals surface area contributed by atoms with Gasteiger partial charge in [-0.15, -0.1) is 22.7 Å². The van der Waals surface area contributed by atoms with Crippen LogP contribution in [0.5, 0.6) is 0 Å². The third-order valence-electron chi connectivity index (χ3n) is 8.97. The first-order chi connectivity index (χ1) is 21.3. The Balaban J connectivity index is 1.44. The highest BCUT2D eigenvalue weighted by atomic mass is 32.1. The van der Waals surface area contributed by atoms with Gasteiger partial charge in [0.15, 0.2) is 0 Å². The van der Waals surface area contributed by atoms with E-state index in [1.807, 2.05) is 22.7 Å². The molecule has 0 N–H and O–H groups in total. The van der Waals surface area contributed by atoms with Gasteiger partial charge < -0.3 is 4.57 Å². The maximum Gasteiger partial charge on any atom is 0.0640 e. The van der Waals surface area contributed by atoms with Gasteiger partial charge in [0.1, 0.15) is 0 Å². The van der Waals surface area contributed by atoms with Crippen molar-refractivity contribution in [2.75, 3.05) is 0 Å². The van der Waals surface area contributed by atoms with Crippen molar-refractivity contribution < 1.29 is 0 Å². The van der Waals surface area contributed by atoms with Crippen LogP contribution in [0, 0.1) is 0 Å². The van der Waals surface area contributed by atoms with Gasteiger partial charge in [-0.2, -0.15) is 0 Å². The smallest absolute Gasteiger partial charge is 0.0640 e. The summed E-state index contributed by atoms with van der Waals surface area (Å²) in [6, 6.07) is 51.6. The lowest BCUT2D eigenvalue weighted by molar-refractivity contribution is 1.21. The highest BCUT2D eigenvalue weighted by Crippen LogP contribution is 2.48. The van der Waals surface area contributed by atoms with Crippen molar-refractivity contribution >= 4 is 95.6 Å². The fourth-order valence-electron chi connectivity index (χ4n) is 7.14. The maximum atomic E-state index is 2.54. The Morgan fingerprint density at radius 1 is 0.419 bits per heavy atom. The normalized spacial score (nSPS) is 12.2. The molecular formula is C40H23NS2. The zero-order chi connectivity index (χ0) is 28.1. The van der Waals surface area contributed by atoms with Crippen LogP contribution in [0.15, 0.2) is 140 Å². The molecule has 0 aliphatic heterocycles. The summed E-state index contributed by atoms with van der Waals surface area (Å²) in [6.07, 6.45) is 0. The van der Waals surface area contributed by atoms with Crippen molar-refractivity contribution in [3.05, 3.63) is 140 Å². The van der Waals surface area contributed by atoms with Crippen molar-refractivity contribution in [2.45, 2.75) is 0 Å². The Kier molecular flexibility index (Phi) is 4.81. The Bertz CT molecular complexity index is 2730. The van der Waals surface area contributed by atoms with Crippen LogP contribution in [0.2, 0.25) is 0 Å². The molecule has 0 bridgehead atoms. The first-order valence-corrected chi connectivity index (χ1v) is 16.2. The molecule has 200 valence electrons. The van der Waals surface area contributed by atoms with E-state index in [-0.39, 0.29) is 0 Å².